The van der Waals surface area contributed by atoms with Gasteiger partial charge in [0.1, 0.15) is 5.75 Å². The lowest BCUT2D eigenvalue weighted by Crippen LogP contribution is -2.49. The van der Waals surface area contributed by atoms with Crippen LogP contribution in [0.2, 0.25) is 0 Å². The minimum atomic E-state index is -3.36. The first-order valence-electron chi connectivity index (χ1n) is 8.54. The van der Waals surface area contributed by atoms with Crippen LogP contribution in [0.3, 0.4) is 0 Å². The molecule has 1 aromatic carbocycles. The van der Waals surface area contributed by atoms with Gasteiger partial charge in [-0.2, -0.15) is 17.0 Å². The van der Waals surface area contributed by atoms with Gasteiger partial charge in [0.15, 0.2) is 0 Å². The fraction of sp³-hybridized carbons (Fsp3) is 0.588. The number of nitrogens with zero attached hydrogens (tertiary/aromatic N) is 2. The first-order valence-corrected chi connectivity index (χ1v) is 9.94. The predicted octanol–water partition coefficient (Wildman–Crippen LogP) is 1.23. The minimum absolute atomic E-state index is 0.00872. The summed E-state index contributed by atoms with van der Waals surface area (Å²) >= 11 is 0. The van der Waals surface area contributed by atoms with Gasteiger partial charge in [-0.15, -0.1) is 0 Å². The lowest BCUT2D eigenvalue weighted by molar-refractivity contribution is -0.122. The number of ether oxygens (including phenoxy) is 1. The fourth-order valence-corrected chi connectivity index (χ4v) is 3.84. The van der Waals surface area contributed by atoms with Gasteiger partial charge >= 0.3 is 0 Å². The standard InChI is InChI=1S/C17H27N3O4S/c1-19(2)25(22,23)20-12-10-15(11-13-20)18-17(21)9-6-14-24-16-7-4-3-5-8-16/h3-5,7-8,15H,6,9-14H2,1-2H3,(H,18,21). The largest absolute Gasteiger partial charge is 0.494 e. The van der Waals surface area contributed by atoms with Crippen molar-refractivity contribution in [2.24, 2.45) is 0 Å². The number of piperidine rings is 1. The number of rotatable bonds is 8. The average molecular weight is 369 g/mol. The molecule has 0 bridgehead atoms. The molecule has 0 radical (unpaired) electrons. The highest BCUT2D eigenvalue weighted by atomic mass is 32.2. The Labute approximate surface area is 150 Å². The van der Waals surface area contributed by atoms with Crippen LogP contribution < -0.4 is 10.1 Å². The molecular weight excluding hydrogens is 342 g/mol. The molecule has 1 N–H and O–H groups in total. The zero-order chi connectivity index (χ0) is 18.3. The Morgan fingerprint density at radius 1 is 1.24 bits per heavy atom. The molecule has 140 valence electrons. The molecule has 1 aliphatic rings. The maximum Gasteiger partial charge on any atom is 0.281 e. The summed E-state index contributed by atoms with van der Waals surface area (Å²) in [6, 6.07) is 9.55. The molecule has 2 rings (SSSR count). The third-order valence-corrected chi connectivity index (χ3v) is 6.11. The molecule has 1 aliphatic heterocycles. The van der Waals surface area contributed by atoms with Gasteiger partial charge in [-0.1, -0.05) is 18.2 Å². The van der Waals surface area contributed by atoms with Crippen molar-refractivity contribution < 1.29 is 17.9 Å². The summed E-state index contributed by atoms with van der Waals surface area (Å²) in [4.78, 5) is 12.0. The van der Waals surface area contributed by atoms with E-state index in [-0.39, 0.29) is 11.9 Å². The van der Waals surface area contributed by atoms with Crippen LogP contribution in [0.15, 0.2) is 30.3 Å². The van der Waals surface area contributed by atoms with Crippen molar-refractivity contribution in [3.05, 3.63) is 30.3 Å². The molecule has 1 aromatic rings. The molecule has 1 saturated heterocycles. The first-order chi connectivity index (χ1) is 11.9. The normalized spacial score (nSPS) is 16.8. The second-order valence-electron chi connectivity index (χ2n) is 6.30. The molecule has 0 atom stereocenters. The minimum Gasteiger partial charge on any atom is -0.494 e. The predicted molar refractivity (Wildman–Crippen MR) is 96.5 cm³/mol. The summed E-state index contributed by atoms with van der Waals surface area (Å²) in [5, 5.41) is 2.99. The highest BCUT2D eigenvalue weighted by molar-refractivity contribution is 7.86. The summed E-state index contributed by atoms with van der Waals surface area (Å²) in [5.74, 6) is 0.794. The van der Waals surface area contributed by atoms with Gasteiger partial charge < -0.3 is 10.1 Å². The fourth-order valence-electron chi connectivity index (χ4n) is 2.70. The van der Waals surface area contributed by atoms with Crippen molar-refractivity contribution >= 4 is 16.1 Å². The number of amides is 1. The van der Waals surface area contributed by atoms with E-state index in [0.29, 0.717) is 45.4 Å². The Balaban J connectivity index is 1.64. The molecule has 1 heterocycles. The highest BCUT2D eigenvalue weighted by Gasteiger charge is 2.29. The summed E-state index contributed by atoms with van der Waals surface area (Å²) in [6.07, 6.45) is 2.33. The third-order valence-electron chi connectivity index (χ3n) is 4.17. The van der Waals surface area contributed by atoms with Crippen molar-refractivity contribution in [2.75, 3.05) is 33.8 Å². The Hall–Kier alpha value is -1.64. The maximum atomic E-state index is 12.1. The maximum absolute atomic E-state index is 12.1. The van der Waals surface area contributed by atoms with E-state index in [2.05, 4.69) is 5.32 Å². The monoisotopic (exact) mass is 369 g/mol. The van der Waals surface area contributed by atoms with Gasteiger partial charge in [0.05, 0.1) is 6.61 Å². The Morgan fingerprint density at radius 2 is 1.88 bits per heavy atom. The van der Waals surface area contributed by atoms with E-state index in [4.69, 9.17) is 4.74 Å². The third kappa shape index (κ3) is 5.98. The molecule has 0 spiro atoms. The van der Waals surface area contributed by atoms with Crippen LogP contribution in [0, 0.1) is 0 Å². The molecule has 0 unspecified atom stereocenters. The topological polar surface area (TPSA) is 79.0 Å². The van der Waals surface area contributed by atoms with E-state index in [1.807, 2.05) is 30.3 Å². The summed E-state index contributed by atoms with van der Waals surface area (Å²) in [6.45, 7) is 1.36. The number of nitrogens with one attached hydrogen (secondary N) is 1. The Kier molecular flexibility index (Phi) is 7.22. The number of hydrogen-bond donors (Lipinski definition) is 1. The van der Waals surface area contributed by atoms with Gasteiger partial charge in [0.25, 0.3) is 10.2 Å². The Morgan fingerprint density at radius 3 is 2.48 bits per heavy atom. The molecule has 25 heavy (non-hydrogen) atoms. The van der Waals surface area contributed by atoms with E-state index in [1.165, 1.54) is 22.7 Å². The number of hydrogen-bond acceptors (Lipinski definition) is 4. The van der Waals surface area contributed by atoms with Crippen LogP contribution in [0.1, 0.15) is 25.7 Å². The molecular formula is C17H27N3O4S. The lowest BCUT2D eigenvalue weighted by Gasteiger charge is -2.33. The lowest BCUT2D eigenvalue weighted by atomic mass is 10.1. The van der Waals surface area contributed by atoms with Crippen molar-refractivity contribution in [2.45, 2.75) is 31.7 Å². The molecule has 0 aromatic heterocycles. The number of benzene rings is 1. The SMILES string of the molecule is CN(C)S(=O)(=O)N1CCC(NC(=O)CCCOc2ccccc2)CC1. The van der Waals surface area contributed by atoms with Crippen molar-refractivity contribution in [3.8, 4) is 5.75 Å². The van der Waals surface area contributed by atoms with Crippen LogP contribution in [0.4, 0.5) is 0 Å². The quantitative estimate of drug-likeness (QED) is 0.699. The van der Waals surface area contributed by atoms with Gasteiger partial charge in [0, 0.05) is 39.6 Å². The summed E-state index contributed by atoms with van der Waals surface area (Å²) in [7, 11) is -0.301. The van der Waals surface area contributed by atoms with Gasteiger partial charge in [0.2, 0.25) is 5.91 Å². The molecule has 7 nitrogen and oxygen atoms in total. The van der Waals surface area contributed by atoms with E-state index in [9.17, 15) is 13.2 Å². The van der Waals surface area contributed by atoms with E-state index in [0.717, 1.165) is 5.75 Å². The molecule has 1 amide bonds. The zero-order valence-corrected chi connectivity index (χ0v) is 15.7. The van der Waals surface area contributed by atoms with Crippen molar-refractivity contribution in [3.63, 3.8) is 0 Å². The van der Waals surface area contributed by atoms with Gasteiger partial charge in [-0.3, -0.25) is 4.79 Å². The molecule has 1 fully saturated rings. The zero-order valence-electron chi connectivity index (χ0n) is 14.8. The number of para-hydroxylation sites is 1. The van der Waals surface area contributed by atoms with Crippen LogP contribution in [-0.4, -0.2) is 62.8 Å². The highest BCUT2D eigenvalue weighted by Crippen LogP contribution is 2.16. The molecule has 0 saturated carbocycles. The van der Waals surface area contributed by atoms with E-state index >= 15 is 0 Å². The van der Waals surface area contributed by atoms with Crippen LogP contribution in [-0.2, 0) is 15.0 Å². The second-order valence-corrected chi connectivity index (χ2v) is 8.44. The van der Waals surface area contributed by atoms with Crippen LogP contribution in [0.25, 0.3) is 0 Å². The van der Waals surface area contributed by atoms with Crippen LogP contribution in [0.5, 0.6) is 5.75 Å². The van der Waals surface area contributed by atoms with E-state index < -0.39 is 10.2 Å². The number of carbonyl (C=O) groups is 1. The van der Waals surface area contributed by atoms with E-state index in [1.54, 1.807) is 0 Å². The van der Waals surface area contributed by atoms with Crippen molar-refractivity contribution in [1.82, 2.24) is 13.9 Å². The van der Waals surface area contributed by atoms with Gasteiger partial charge in [-0.25, -0.2) is 0 Å². The van der Waals surface area contributed by atoms with Crippen LogP contribution >= 0.6 is 0 Å². The Bertz CT molecular complexity index is 641. The smallest absolute Gasteiger partial charge is 0.281 e. The second kappa shape index (κ2) is 9.17. The summed E-state index contributed by atoms with van der Waals surface area (Å²) < 4.78 is 32.4. The summed E-state index contributed by atoms with van der Waals surface area (Å²) in [5.41, 5.74) is 0. The van der Waals surface area contributed by atoms with Crippen molar-refractivity contribution in [1.29, 1.82) is 0 Å². The number of carbonyl (C=O) groups excluding carboxylic acids is 1. The first kappa shape index (κ1) is 19.7. The average Bonchev–Trinajstić information content (AvgIpc) is 2.60. The van der Waals surface area contributed by atoms with Gasteiger partial charge in [-0.05, 0) is 31.4 Å². The molecule has 0 aliphatic carbocycles. The molecule has 8 heteroatoms.